The minimum Gasteiger partial charge on any atom is -0.466 e. The summed E-state index contributed by atoms with van der Waals surface area (Å²) >= 11 is 0. The Hall–Kier alpha value is -2.71. The first-order valence-electron chi connectivity index (χ1n) is 8.86. The van der Waals surface area contributed by atoms with E-state index in [0.29, 0.717) is 6.61 Å². The molecule has 0 aliphatic rings. The molecule has 0 amide bonds. The Labute approximate surface area is 155 Å². The lowest BCUT2D eigenvalue weighted by Crippen LogP contribution is -2.35. The van der Waals surface area contributed by atoms with Gasteiger partial charge in [0.25, 0.3) is 0 Å². The molecule has 0 aliphatic carbocycles. The van der Waals surface area contributed by atoms with Crippen LogP contribution in [-0.4, -0.2) is 18.7 Å². The highest BCUT2D eigenvalue weighted by Crippen LogP contribution is 2.34. The SMILES string of the molecule is CCOC(=O)C(CC)(CCc1ccccc1)Cc1ccccc1.O=C=O. The average molecular weight is 354 g/mol. The molecule has 0 saturated heterocycles. The highest BCUT2D eigenvalue weighted by atomic mass is 16.5. The van der Waals surface area contributed by atoms with E-state index in [1.54, 1.807) is 0 Å². The molecule has 2 aromatic rings. The predicted molar refractivity (Wildman–Crippen MR) is 99.3 cm³/mol. The molecule has 4 heteroatoms. The zero-order chi connectivity index (χ0) is 19.3. The van der Waals surface area contributed by atoms with E-state index in [4.69, 9.17) is 14.3 Å². The minimum atomic E-state index is -0.451. The molecule has 0 aromatic heterocycles. The summed E-state index contributed by atoms with van der Waals surface area (Å²) in [6, 6.07) is 20.6. The quantitative estimate of drug-likeness (QED) is 0.665. The molecule has 0 aliphatic heterocycles. The van der Waals surface area contributed by atoms with Crippen LogP contribution >= 0.6 is 0 Å². The van der Waals surface area contributed by atoms with Crippen molar-refractivity contribution in [3.8, 4) is 0 Å². The Bertz CT molecular complexity index is 676. The van der Waals surface area contributed by atoms with Crippen molar-refractivity contribution < 1.29 is 19.1 Å². The first kappa shape index (κ1) is 21.3. The van der Waals surface area contributed by atoms with Crippen molar-refractivity contribution in [3.05, 3.63) is 71.8 Å². The van der Waals surface area contributed by atoms with E-state index in [-0.39, 0.29) is 12.1 Å². The van der Waals surface area contributed by atoms with Crippen molar-refractivity contribution in [2.24, 2.45) is 5.41 Å². The second-order valence-corrected chi connectivity index (χ2v) is 6.09. The van der Waals surface area contributed by atoms with Crippen LogP contribution in [0.3, 0.4) is 0 Å². The number of carbonyl (C=O) groups is 1. The molecule has 2 aromatic carbocycles. The van der Waals surface area contributed by atoms with Gasteiger partial charge in [0.1, 0.15) is 0 Å². The summed E-state index contributed by atoms with van der Waals surface area (Å²) < 4.78 is 5.42. The van der Waals surface area contributed by atoms with Gasteiger partial charge in [-0.2, -0.15) is 9.59 Å². The van der Waals surface area contributed by atoms with E-state index in [1.807, 2.05) is 43.3 Å². The largest absolute Gasteiger partial charge is 0.466 e. The van der Waals surface area contributed by atoms with Crippen molar-refractivity contribution in [2.75, 3.05) is 6.61 Å². The predicted octanol–water partition coefficient (Wildman–Crippen LogP) is 4.24. The summed E-state index contributed by atoms with van der Waals surface area (Å²) in [5.74, 6) is -0.0673. The molecule has 4 nitrogen and oxygen atoms in total. The van der Waals surface area contributed by atoms with Crippen molar-refractivity contribution >= 4 is 12.1 Å². The van der Waals surface area contributed by atoms with Crippen LogP contribution in [0.25, 0.3) is 0 Å². The summed E-state index contributed by atoms with van der Waals surface area (Å²) in [5.41, 5.74) is 2.01. The van der Waals surface area contributed by atoms with Gasteiger partial charge in [-0.05, 0) is 43.7 Å². The van der Waals surface area contributed by atoms with Crippen LogP contribution in [0.1, 0.15) is 37.8 Å². The maximum atomic E-state index is 12.7. The highest BCUT2D eigenvalue weighted by Gasteiger charge is 2.37. The van der Waals surface area contributed by atoms with Crippen molar-refractivity contribution in [1.82, 2.24) is 0 Å². The second-order valence-electron chi connectivity index (χ2n) is 6.09. The van der Waals surface area contributed by atoms with Gasteiger partial charge in [-0.3, -0.25) is 4.79 Å². The molecule has 1 atom stereocenters. The van der Waals surface area contributed by atoms with Gasteiger partial charge in [0.2, 0.25) is 0 Å². The lowest BCUT2D eigenvalue weighted by molar-refractivity contribution is -0.191. The van der Waals surface area contributed by atoms with Gasteiger partial charge < -0.3 is 4.74 Å². The van der Waals surface area contributed by atoms with Crippen LogP contribution in [0.5, 0.6) is 0 Å². The van der Waals surface area contributed by atoms with Crippen molar-refractivity contribution in [2.45, 2.75) is 39.5 Å². The standard InChI is InChI=1S/C21H26O2.CO2/c1-3-21(20(22)23-4-2,17-19-13-9-6-10-14-19)16-15-18-11-7-5-8-12-18;2-1-3/h5-14H,3-4,15-17H2,1-2H3;. The third kappa shape index (κ3) is 6.66. The Morgan fingerprint density at radius 1 is 0.923 bits per heavy atom. The Morgan fingerprint density at radius 3 is 1.88 bits per heavy atom. The molecule has 2 rings (SSSR count). The highest BCUT2D eigenvalue weighted by molar-refractivity contribution is 5.77. The molecule has 0 heterocycles. The van der Waals surface area contributed by atoms with E-state index >= 15 is 0 Å². The fraction of sp³-hybridized carbons (Fsp3) is 0.364. The van der Waals surface area contributed by atoms with Gasteiger partial charge in [-0.1, -0.05) is 67.6 Å². The number of esters is 1. The molecule has 0 radical (unpaired) electrons. The third-order valence-corrected chi connectivity index (χ3v) is 4.51. The van der Waals surface area contributed by atoms with Crippen molar-refractivity contribution in [1.29, 1.82) is 0 Å². The van der Waals surface area contributed by atoms with Gasteiger partial charge in [-0.15, -0.1) is 0 Å². The maximum Gasteiger partial charge on any atom is 0.373 e. The topological polar surface area (TPSA) is 60.4 Å². The van der Waals surface area contributed by atoms with Crippen LogP contribution in [0.2, 0.25) is 0 Å². The fourth-order valence-corrected chi connectivity index (χ4v) is 3.01. The van der Waals surface area contributed by atoms with Crippen LogP contribution in [0, 0.1) is 5.41 Å². The Balaban J connectivity index is 0.00000105. The van der Waals surface area contributed by atoms with Gasteiger partial charge in [0.15, 0.2) is 0 Å². The van der Waals surface area contributed by atoms with E-state index in [2.05, 4.69) is 31.2 Å². The van der Waals surface area contributed by atoms with Gasteiger partial charge in [-0.25, -0.2) is 0 Å². The molecular weight excluding hydrogens is 328 g/mol. The molecule has 0 spiro atoms. The monoisotopic (exact) mass is 354 g/mol. The number of benzene rings is 2. The number of carbonyl (C=O) groups excluding carboxylic acids is 3. The van der Waals surface area contributed by atoms with Crippen LogP contribution in [0.4, 0.5) is 0 Å². The Kier molecular flexibility index (Phi) is 9.66. The molecule has 0 bridgehead atoms. The molecular formula is C22H26O4. The van der Waals surface area contributed by atoms with E-state index in [1.165, 1.54) is 11.1 Å². The zero-order valence-electron chi connectivity index (χ0n) is 15.4. The first-order chi connectivity index (χ1) is 12.6. The van der Waals surface area contributed by atoms with E-state index in [9.17, 15) is 4.79 Å². The smallest absolute Gasteiger partial charge is 0.373 e. The van der Waals surface area contributed by atoms with Crippen LogP contribution in [0.15, 0.2) is 60.7 Å². The first-order valence-corrected chi connectivity index (χ1v) is 8.86. The molecule has 26 heavy (non-hydrogen) atoms. The van der Waals surface area contributed by atoms with Crippen molar-refractivity contribution in [3.63, 3.8) is 0 Å². The lowest BCUT2D eigenvalue weighted by Gasteiger charge is -2.30. The summed E-state index contributed by atoms with van der Waals surface area (Å²) in [7, 11) is 0. The third-order valence-electron chi connectivity index (χ3n) is 4.51. The molecule has 1 unspecified atom stereocenters. The fourth-order valence-electron chi connectivity index (χ4n) is 3.01. The average Bonchev–Trinajstić information content (AvgIpc) is 2.67. The molecule has 138 valence electrons. The minimum absolute atomic E-state index is 0.0673. The summed E-state index contributed by atoms with van der Waals surface area (Å²) in [6.07, 6.45) is 3.46. The van der Waals surface area contributed by atoms with Crippen LogP contribution in [-0.2, 0) is 32.0 Å². The van der Waals surface area contributed by atoms with Gasteiger partial charge in [0.05, 0.1) is 12.0 Å². The number of hydrogen-bond acceptors (Lipinski definition) is 4. The second kappa shape index (κ2) is 11.8. The summed E-state index contributed by atoms with van der Waals surface area (Å²) in [6.45, 7) is 4.39. The maximum absolute atomic E-state index is 12.7. The molecule has 0 fully saturated rings. The molecule has 0 saturated carbocycles. The van der Waals surface area contributed by atoms with E-state index in [0.717, 1.165) is 25.7 Å². The normalized spacial score (nSPS) is 12.1. The van der Waals surface area contributed by atoms with Crippen LogP contribution < -0.4 is 0 Å². The summed E-state index contributed by atoms with van der Waals surface area (Å²) in [5, 5.41) is 0. The number of ether oxygens (including phenoxy) is 1. The van der Waals surface area contributed by atoms with E-state index < -0.39 is 5.41 Å². The zero-order valence-corrected chi connectivity index (χ0v) is 15.4. The summed E-state index contributed by atoms with van der Waals surface area (Å²) in [4.78, 5) is 28.9. The van der Waals surface area contributed by atoms with Gasteiger partial charge in [0, 0.05) is 0 Å². The number of aryl methyl sites for hydroxylation is 1. The number of hydrogen-bond donors (Lipinski definition) is 0. The van der Waals surface area contributed by atoms with Gasteiger partial charge >= 0.3 is 12.1 Å². The lowest BCUT2D eigenvalue weighted by atomic mass is 9.75. The Morgan fingerprint density at radius 2 is 1.42 bits per heavy atom. The number of rotatable bonds is 8. The molecule has 0 N–H and O–H groups in total.